The molecule has 1 aliphatic rings. The monoisotopic (exact) mass is 345 g/mol. The molecule has 2 heterocycles. The van der Waals surface area contributed by atoms with Crippen LogP contribution in [0.5, 0.6) is 0 Å². The summed E-state index contributed by atoms with van der Waals surface area (Å²) in [7, 11) is -3.75. The molecule has 0 bridgehead atoms. The summed E-state index contributed by atoms with van der Waals surface area (Å²) in [5, 5.41) is 9.64. The zero-order valence-electron chi connectivity index (χ0n) is 13.3. The van der Waals surface area contributed by atoms with Gasteiger partial charge in [0.2, 0.25) is 10.0 Å². The standard InChI is InChI=1S/C17H19N3O3S/c18-9-4-11-20(13-15-7-3-12-23-15)24(21,22)16-8-1-5-14-6-2-10-19-17(14)16/h1-2,5-6,8,10,15H,3-4,7,11-13H2. The third-order valence-corrected chi connectivity index (χ3v) is 6.01. The lowest BCUT2D eigenvalue weighted by atomic mass is 10.2. The van der Waals surface area contributed by atoms with Gasteiger partial charge in [-0.2, -0.15) is 9.57 Å². The molecule has 2 aromatic rings. The summed E-state index contributed by atoms with van der Waals surface area (Å²) in [5.41, 5.74) is 0.453. The topological polar surface area (TPSA) is 83.3 Å². The van der Waals surface area contributed by atoms with E-state index in [9.17, 15) is 8.42 Å². The number of fused-ring (bicyclic) bond motifs is 1. The predicted molar refractivity (Wildman–Crippen MR) is 89.7 cm³/mol. The van der Waals surface area contributed by atoms with Crippen LogP contribution in [0.1, 0.15) is 19.3 Å². The molecule has 1 atom stereocenters. The second-order valence-electron chi connectivity index (χ2n) is 5.74. The van der Waals surface area contributed by atoms with Gasteiger partial charge in [-0.05, 0) is 25.0 Å². The summed E-state index contributed by atoms with van der Waals surface area (Å²) in [5.74, 6) is 0. The quantitative estimate of drug-likeness (QED) is 0.802. The van der Waals surface area contributed by atoms with E-state index in [2.05, 4.69) is 4.98 Å². The molecule has 3 rings (SSSR count). The smallest absolute Gasteiger partial charge is 0.245 e. The van der Waals surface area contributed by atoms with Crippen LogP contribution in [0.4, 0.5) is 0 Å². The normalized spacial score (nSPS) is 18.1. The van der Waals surface area contributed by atoms with Crippen LogP contribution in [-0.4, -0.2) is 43.5 Å². The molecule has 1 saturated heterocycles. The molecule has 0 radical (unpaired) electrons. The third kappa shape index (κ3) is 3.41. The number of hydrogen-bond acceptors (Lipinski definition) is 5. The van der Waals surface area contributed by atoms with Gasteiger partial charge in [0.25, 0.3) is 0 Å². The molecule has 1 aromatic carbocycles. The number of sulfonamides is 1. The van der Waals surface area contributed by atoms with Gasteiger partial charge in [0, 0.05) is 37.7 Å². The highest BCUT2D eigenvalue weighted by molar-refractivity contribution is 7.89. The van der Waals surface area contributed by atoms with Crippen molar-refractivity contribution in [2.45, 2.75) is 30.3 Å². The lowest BCUT2D eigenvalue weighted by Crippen LogP contribution is -2.38. The zero-order valence-corrected chi connectivity index (χ0v) is 14.1. The molecule has 0 aliphatic carbocycles. The Morgan fingerprint density at radius 2 is 2.17 bits per heavy atom. The lowest BCUT2D eigenvalue weighted by Gasteiger charge is -2.24. The Morgan fingerprint density at radius 3 is 2.92 bits per heavy atom. The van der Waals surface area contributed by atoms with E-state index < -0.39 is 10.0 Å². The van der Waals surface area contributed by atoms with Crippen molar-refractivity contribution in [2.24, 2.45) is 0 Å². The van der Waals surface area contributed by atoms with Gasteiger partial charge in [-0.25, -0.2) is 8.42 Å². The number of benzene rings is 1. The Kier molecular flexibility index (Phi) is 5.09. The van der Waals surface area contributed by atoms with Gasteiger partial charge in [0.05, 0.1) is 17.7 Å². The third-order valence-electron chi connectivity index (χ3n) is 4.12. The molecular weight excluding hydrogens is 326 g/mol. The number of hydrogen-bond donors (Lipinski definition) is 0. The van der Waals surface area contributed by atoms with E-state index in [1.165, 1.54) is 4.31 Å². The Balaban J connectivity index is 1.98. The number of rotatable bonds is 6. The first-order valence-corrected chi connectivity index (χ1v) is 9.39. The van der Waals surface area contributed by atoms with Gasteiger partial charge in [-0.15, -0.1) is 0 Å². The first-order valence-electron chi connectivity index (χ1n) is 7.95. The summed E-state index contributed by atoms with van der Waals surface area (Å²) in [6.45, 7) is 1.09. The molecule has 1 aromatic heterocycles. The number of aromatic nitrogens is 1. The number of ether oxygens (including phenoxy) is 1. The second kappa shape index (κ2) is 7.26. The number of nitrogens with zero attached hydrogens (tertiary/aromatic N) is 3. The molecule has 0 saturated carbocycles. The van der Waals surface area contributed by atoms with E-state index in [1.54, 1.807) is 24.4 Å². The van der Waals surface area contributed by atoms with Gasteiger partial charge in [-0.1, -0.05) is 18.2 Å². The van der Waals surface area contributed by atoms with Crippen LogP contribution in [0.15, 0.2) is 41.4 Å². The predicted octanol–water partition coefficient (Wildman–Crippen LogP) is 2.32. The highest BCUT2D eigenvalue weighted by Gasteiger charge is 2.30. The number of pyridine rings is 1. The highest BCUT2D eigenvalue weighted by Crippen LogP contribution is 2.25. The van der Waals surface area contributed by atoms with Crippen molar-refractivity contribution in [3.05, 3.63) is 36.5 Å². The lowest BCUT2D eigenvalue weighted by molar-refractivity contribution is 0.0941. The average molecular weight is 345 g/mol. The fraction of sp³-hybridized carbons (Fsp3) is 0.412. The van der Waals surface area contributed by atoms with E-state index >= 15 is 0 Å². The van der Waals surface area contributed by atoms with Crippen LogP contribution < -0.4 is 0 Å². The summed E-state index contributed by atoms with van der Waals surface area (Å²) in [4.78, 5) is 4.42. The summed E-state index contributed by atoms with van der Waals surface area (Å²) in [6.07, 6.45) is 3.39. The fourth-order valence-electron chi connectivity index (χ4n) is 2.92. The summed E-state index contributed by atoms with van der Waals surface area (Å²) >= 11 is 0. The molecule has 1 aliphatic heterocycles. The van der Waals surface area contributed by atoms with Crippen LogP contribution in [0.2, 0.25) is 0 Å². The fourth-order valence-corrected chi connectivity index (χ4v) is 4.56. The largest absolute Gasteiger partial charge is 0.377 e. The Morgan fingerprint density at radius 1 is 1.33 bits per heavy atom. The van der Waals surface area contributed by atoms with Crippen molar-refractivity contribution in [1.82, 2.24) is 9.29 Å². The Labute approximate surface area is 141 Å². The van der Waals surface area contributed by atoms with E-state index in [-0.39, 0.29) is 30.5 Å². The molecule has 6 nitrogen and oxygen atoms in total. The van der Waals surface area contributed by atoms with Crippen LogP contribution in [-0.2, 0) is 14.8 Å². The Bertz CT molecular complexity index is 850. The van der Waals surface area contributed by atoms with Crippen LogP contribution in [0.3, 0.4) is 0 Å². The van der Waals surface area contributed by atoms with Gasteiger partial charge >= 0.3 is 0 Å². The molecular formula is C17H19N3O3S. The van der Waals surface area contributed by atoms with E-state index in [4.69, 9.17) is 10.00 Å². The van der Waals surface area contributed by atoms with Crippen molar-refractivity contribution in [2.75, 3.05) is 19.7 Å². The molecule has 1 fully saturated rings. The van der Waals surface area contributed by atoms with E-state index in [0.29, 0.717) is 12.1 Å². The van der Waals surface area contributed by atoms with Crippen LogP contribution in [0.25, 0.3) is 10.9 Å². The second-order valence-corrected chi connectivity index (χ2v) is 7.64. The van der Waals surface area contributed by atoms with Crippen molar-refractivity contribution in [1.29, 1.82) is 5.26 Å². The van der Waals surface area contributed by atoms with Crippen LogP contribution >= 0.6 is 0 Å². The summed E-state index contributed by atoms with van der Waals surface area (Å²) in [6, 6.07) is 10.7. The number of para-hydroxylation sites is 1. The molecule has 126 valence electrons. The minimum atomic E-state index is -3.75. The average Bonchev–Trinajstić information content (AvgIpc) is 3.11. The maximum atomic E-state index is 13.2. The minimum Gasteiger partial charge on any atom is -0.377 e. The van der Waals surface area contributed by atoms with Gasteiger partial charge in [0.15, 0.2) is 0 Å². The molecule has 7 heteroatoms. The number of nitriles is 1. The van der Waals surface area contributed by atoms with Crippen molar-refractivity contribution < 1.29 is 13.2 Å². The van der Waals surface area contributed by atoms with Crippen molar-refractivity contribution in [3.63, 3.8) is 0 Å². The zero-order chi connectivity index (χ0) is 17.0. The molecule has 0 spiro atoms. The first-order chi connectivity index (χ1) is 11.6. The van der Waals surface area contributed by atoms with Crippen molar-refractivity contribution >= 4 is 20.9 Å². The molecule has 0 amide bonds. The summed E-state index contributed by atoms with van der Waals surface area (Å²) < 4.78 is 33.3. The van der Waals surface area contributed by atoms with Gasteiger partial charge < -0.3 is 4.74 Å². The molecule has 24 heavy (non-hydrogen) atoms. The van der Waals surface area contributed by atoms with Crippen molar-refractivity contribution in [3.8, 4) is 6.07 Å². The Hall–Kier alpha value is -2.01. The van der Waals surface area contributed by atoms with Crippen LogP contribution in [0, 0.1) is 11.3 Å². The van der Waals surface area contributed by atoms with E-state index in [1.807, 2.05) is 18.2 Å². The first kappa shape index (κ1) is 16.8. The molecule has 0 N–H and O–H groups in total. The highest BCUT2D eigenvalue weighted by atomic mass is 32.2. The maximum absolute atomic E-state index is 13.2. The van der Waals surface area contributed by atoms with Gasteiger partial charge in [-0.3, -0.25) is 4.98 Å². The molecule has 1 unspecified atom stereocenters. The minimum absolute atomic E-state index is 0.110. The van der Waals surface area contributed by atoms with E-state index in [0.717, 1.165) is 18.2 Å². The SMILES string of the molecule is N#CCCN(CC1CCCO1)S(=O)(=O)c1cccc2cccnc12. The maximum Gasteiger partial charge on any atom is 0.245 e. The van der Waals surface area contributed by atoms with Gasteiger partial charge in [0.1, 0.15) is 4.90 Å².